The Kier molecular flexibility index (Phi) is 4.23. The highest BCUT2D eigenvalue weighted by Crippen LogP contribution is 2.44. The first-order chi connectivity index (χ1) is 11.6. The number of rotatable bonds is 2. The van der Waals surface area contributed by atoms with E-state index in [0.29, 0.717) is 11.8 Å². The van der Waals surface area contributed by atoms with Gasteiger partial charge in [0.25, 0.3) is 0 Å². The molecule has 3 fully saturated rings. The van der Waals surface area contributed by atoms with Crippen molar-refractivity contribution in [1.29, 1.82) is 0 Å². The number of hydrogen-bond donors (Lipinski definition) is 0. The second kappa shape index (κ2) is 6.38. The quantitative estimate of drug-likeness (QED) is 0.576. The zero-order valence-corrected chi connectivity index (χ0v) is 14.2. The molecule has 5 aliphatic rings. The molecule has 0 aromatic carbocycles. The molecular weight excluding hydrogens is 304 g/mol. The maximum absolute atomic E-state index is 11.9. The van der Waals surface area contributed by atoms with E-state index in [9.17, 15) is 9.59 Å². The van der Waals surface area contributed by atoms with Crippen molar-refractivity contribution in [2.75, 3.05) is 6.61 Å². The number of allylic oxidation sites excluding steroid dienone is 4. The second-order valence-corrected chi connectivity index (χ2v) is 8.09. The first-order valence-corrected chi connectivity index (χ1v) is 9.31. The van der Waals surface area contributed by atoms with E-state index in [0.717, 1.165) is 30.6 Å². The zero-order valence-electron chi connectivity index (χ0n) is 14.2. The third kappa shape index (κ3) is 3.15. The van der Waals surface area contributed by atoms with Crippen LogP contribution in [0, 0.1) is 35.5 Å². The van der Waals surface area contributed by atoms with E-state index in [2.05, 4.69) is 31.2 Å². The predicted octanol–water partition coefficient (Wildman–Crippen LogP) is 3.28. The summed E-state index contributed by atoms with van der Waals surface area (Å²) in [6.07, 6.45) is 13.9. The van der Waals surface area contributed by atoms with Crippen molar-refractivity contribution in [1.82, 2.24) is 0 Å². The van der Waals surface area contributed by atoms with Gasteiger partial charge in [-0.15, -0.1) is 0 Å². The average Bonchev–Trinajstić information content (AvgIpc) is 3.34. The Morgan fingerprint density at radius 1 is 1.04 bits per heavy atom. The summed E-state index contributed by atoms with van der Waals surface area (Å²) in [7, 11) is 0. The van der Waals surface area contributed by atoms with Crippen LogP contribution in [-0.4, -0.2) is 24.6 Å². The van der Waals surface area contributed by atoms with E-state index < -0.39 is 0 Å². The molecule has 0 amide bonds. The summed E-state index contributed by atoms with van der Waals surface area (Å²) >= 11 is 0. The zero-order chi connectivity index (χ0) is 16.7. The number of ether oxygens (including phenoxy) is 2. The number of hydrogen-bond acceptors (Lipinski definition) is 4. The first-order valence-electron chi connectivity index (χ1n) is 9.31. The fourth-order valence-corrected chi connectivity index (χ4v) is 4.92. The number of carbonyl (C=O) groups is 2. The molecule has 1 saturated heterocycles. The number of cyclic esters (lactones) is 1. The molecule has 5 rings (SSSR count). The SMILES string of the molecule is CC1CC2C=CC1C2.O=C1CC(OC(=O)C2CC3C=CC2C3)CO1. The van der Waals surface area contributed by atoms with Gasteiger partial charge in [-0.3, -0.25) is 9.59 Å². The molecule has 4 heteroatoms. The molecule has 1 heterocycles. The molecule has 130 valence electrons. The molecule has 0 aromatic heterocycles. The van der Waals surface area contributed by atoms with E-state index in [4.69, 9.17) is 9.47 Å². The van der Waals surface area contributed by atoms with Gasteiger partial charge in [0, 0.05) is 0 Å². The van der Waals surface area contributed by atoms with Gasteiger partial charge in [-0.1, -0.05) is 31.2 Å². The van der Waals surface area contributed by atoms with E-state index in [1.54, 1.807) is 0 Å². The van der Waals surface area contributed by atoms with Crippen LogP contribution in [0.4, 0.5) is 0 Å². The molecule has 0 aromatic rings. The standard InChI is InChI=1S/C12H14O4.C8H12/c13-11-5-9(6-15-11)16-12(14)10-4-7-1-2-8(10)3-7;1-6-4-7-2-3-8(6)5-7/h1-2,7-10H,3-6H2;2-3,6-8H,4-5H2,1H3. The first kappa shape index (κ1) is 15.9. The van der Waals surface area contributed by atoms with Crippen LogP contribution in [0.15, 0.2) is 24.3 Å². The Bertz CT molecular complexity index is 578. The molecule has 1 aliphatic heterocycles. The van der Waals surface area contributed by atoms with Gasteiger partial charge in [0.05, 0.1) is 12.3 Å². The highest BCUT2D eigenvalue weighted by atomic mass is 16.6. The highest BCUT2D eigenvalue weighted by Gasteiger charge is 2.42. The molecule has 4 bridgehead atoms. The van der Waals surface area contributed by atoms with E-state index in [1.165, 1.54) is 12.8 Å². The topological polar surface area (TPSA) is 52.6 Å². The average molecular weight is 330 g/mol. The molecule has 4 nitrogen and oxygen atoms in total. The third-order valence-electron chi connectivity index (χ3n) is 6.30. The summed E-state index contributed by atoms with van der Waals surface area (Å²) < 4.78 is 10.1. The normalized spacial score (nSPS) is 43.7. The maximum Gasteiger partial charge on any atom is 0.309 e. The van der Waals surface area contributed by atoms with Gasteiger partial charge in [0.2, 0.25) is 0 Å². The van der Waals surface area contributed by atoms with E-state index in [1.807, 2.05) is 0 Å². The van der Waals surface area contributed by atoms with Crippen molar-refractivity contribution >= 4 is 11.9 Å². The Labute approximate surface area is 143 Å². The molecule has 0 spiro atoms. The fraction of sp³-hybridized carbons (Fsp3) is 0.700. The largest absolute Gasteiger partial charge is 0.462 e. The van der Waals surface area contributed by atoms with Crippen LogP contribution in [0.1, 0.15) is 39.0 Å². The molecule has 0 N–H and O–H groups in total. The molecule has 7 atom stereocenters. The monoisotopic (exact) mass is 330 g/mol. The summed E-state index contributed by atoms with van der Waals surface area (Å²) in [5, 5.41) is 0. The van der Waals surface area contributed by atoms with Gasteiger partial charge >= 0.3 is 11.9 Å². The highest BCUT2D eigenvalue weighted by molar-refractivity contribution is 5.76. The van der Waals surface area contributed by atoms with Gasteiger partial charge in [-0.25, -0.2) is 0 Å². The molecule has 0 radical (unpaired) electrons. The van der Waals surface area contributed by atoms with Crippen LogP contribution >= 0.6 is 0 Å². The minimum Gasteiger partial charge on any atom is -0.462 e. The van der Waals surface area contributed by atoms with Crippen LogP contribution in [0.5, 0.6) is 0 Å². The van der Waals surface area contributed by atoms with Gasteiger partial charge in [-0.05, 0) is 55.3 Å². The Balaban J connectivity index is 0.000000152. The Morgan fingerprint density at radius 2 is 1.75 bits per heavy atom. The van der Waals surface area contributed by atoms with Crippen LogP contribution in [0.2, 0.25) is 0 Å². The minimum atomic E-state index is -0.358. The van der Waals surface area contributed by atoms with Crippen molar-refractivity contribution < 1.29 is 19.1 Å². The lowest BCUT2D eigenvalue weighted by Crippen LogP contribution is -2.27. The van der Waals surface area contributed by atoms with Gasteiger partial charge in [0.15, 0.2) is 0 Å². The van der Waals surface area contributed by atoms with Crippen molar-refractivity contribution in [3.63, 3.8) is 0 Å². The fourth-order valence-electron chi connectivity index (χ4n) is 4.92. The van der Waals surface area contributed by atoms with Gasteiger partial charge in [-0.2, -0.15) is 0 Å². The second-order valence-electron chi connectivity index (χ2n) is 8.09. The lowest BCUT2D eigenvalue weighted by atomic mass is 9.94. The molecule has 4 aliphatic carbocycles. The van der Waals surface area contributed by atoms with Crippen LogP contribution in [-0.2, 0) is 19.1 Å². The van der Waals surface area contributed by atoms with Crippen molar-refractivity contribution in [3.8, 4) is 0 Å². The van der Waals surface area contributed by atoms with Crippen molar-refractivity contribution in [2.45, 2.75) is 45.1 Å². The van der Waals surface area contributed by atoms with Crippen LogP contribution < -0.4 is 0 Å². The molecule has 7 unspecified atom stereocenters. The predicted molar refractivity (Wildman–Crippen MR) is 88.8 cm³/mol. The van der Waals surface area contributed by atoms with Crippen LogP contribution in [0.25, 0.3) is 0 Å². The molecule has 24 heavy (non-hydrogen) atoms. The summed E-state index contributed by atoms with van der Waals surface area (Å²) in [6.45, 7) is 2.59. The smallest absolute Gasteiger partial charge is 0.309 e. The molecule has 2 saturated carbocycles. The van der Waals surface area contributed by atoms with Gasteiger partial charge in [0.1, 0.15) is 12.7 Å². The Morgan fingerprint density at radius 3 is 2.17 bits per heavy atom. The number of esters is 2. The maximum atomic E-state index is 11.9. The van der Waals surface area contributed by atoms with E-state index in [-0.39, 0.29) is 37.0 Å². The Hall–Kier alpha value is -1.58. The molecular formula is C20H26O4. The van der Waals surface area contributed by atoms with Crippen molar-refractivity contribution in [3.05, 3.63) is 24.3 Å². The number of fused-ring (bicyclic) bond motifs is 4. The minimum absolute atomic E-state index is 0.00528. The van der Waals surface area contributed by atoms with E-state index >= 15 is 0 Å². The summed E-state index contributed by atoms with van der Waals surface area (Å²) in [5.41, 5.74) is 0. The summed E-state index contributed by atoms with van der Waals surface area (Å²) in [6, 6.07) is 0. The third-order valence-corrected chi connectivity index (χ3v) is 6.30. The lowest BCUT2D eigenvalue weighted by molar-refractivity contribution is -0.155. The van der Waals surface area contributed by atoms with Gasteiger partial charge < -0.3 is 9.47 Å². The lowest BCUT2D eigenvalue weighted by Gasteiger charge is -2.18. The van der Waals surface area contributed by atoms with Crippen molar-refractivity contribution in [2.24, 2.45) is 35.5 Å². The summed E-state index contributed by atoms with van der Waals surface area (Å²) in [5.74, 6) is 3.41. The number of carbonyl (C=O) groups excluding carboxylic acids is 2. The van der Waals surface area contributed by atoms with Crippen LogP contribution in [0.3, 0.4) is 0 Å². The summed E-state index contributed by atoms with van der Waals surface area (Å²) in [4.78, 5) is 22.7.